The van der Waals surface area contributed by atoms with E-state index in [0.717, 1.165) is 16.9 Å². The lowest BCUT2D eigenvalue weighted by Gasteiger charge is -2.46. The molecule has 1 aliphatic heterocycles. The molecule has 1 amide bonds. The first-order valence-corrected chi connectivity index (χ1v) is 10.8. The molecule has 0 fully saturated rings. The Morgan fingerprint density at radius 3 is 2.45 bits per heavy atom. The maximum Gasteiger partial charge on any atom is 0.315 e. The summed E-state index contributed by atoms with van der Waals surface area (Å²) >= 11 is 1.65. The fourth-order valence-corrected chi connectivity index (χ4v) is 5.28. The number of fused-ring (bicyclic) bond motifs is 1. The molecule has 3 aromatic rings. The van der Waals surface area contributed by atoms with Crippen LogP contribution >= 0.6 is 11.3 Å². The highest BCUT2D eigenvalue weighted by Crippen LogP contribution is 2.43. The van der Waals surface area contributed by atoms with Crippen molar-refractivity contribution < 1.29 is 19.2 Å². The van der Waals surface area contributed by atoms with Crippen molar-refractivity contribution in [2.75, 3.05) is 6.54 Å². The lowest BCUT2D eigenvalue weighted by molar-refractivity contribution is -0.894. The SMILES string of the molecule is O=C(O)CCC(=O)[N+]1(Cc2cccs2)CCc2ccccc2C1c1ccccc1. The molecule has 2 unspecified atom stereocenters. The van der Waals surface area contributed by atoms with Crippen LogP contribution in [0.15, 0.2) is 72.1 Å². The Morgan fingerprint density at radius 2 is 1.72 bits per heavy atom. The number of thiophene rings is 1. The summed E-state index contributed by atoms with van der Waals surface area (Å²) < 4.78 is 0.245. The Kier molecular flexibility index (Phi) is 5.60. The van der Waals surface area contributed by atoms with Crippen LogP contribution in [-0.2, 0) is 22.6 Å². The monoisotopic (exact) mass is 406 g/mol. The number of hydrogen-bond donors (Lipinski definition) is 1. The third-order valence-electron chi connectivity index (χ3n) is 5.81. The van der Waals surface area contributed by atoms with E-state index in [1.54, 1.807) is 11.3 Å². The van der Waals surface area contributed by atoms with Gasteiger partial charge in [-0.05, 0) is 17.0 Å². The number of nitrogens with zero attached hydrogens (tertiary/aromatic N) is 1. The van der Waals surface area contributed by atoms with E-state index in [1.165, 1.54) is 11.1 Å². The second-order valence-corrected chi connectivity index (χ2v) is 8.58. The highest BCUT2D eigenvalue weighted by molar-refractivity contribution is 7.09. The number of carboxylic acids is 1. The standard InChI is InChI=1S/C24H23NO3S/c26-22(12-13-23(27)28)25(17-20-10-6-16-29-20)15-14-18-7-4-5-11-21(18)24(25)19-8-2-1-3-9-19/h1-11,16,24H,12-15,17H2/p+1. The molecule has 0 aliphatic carbocycles. The van der Waals surface area contributed by atoms with Gasteiger partial charge in [-0.15, -0.1) is 11.3 Å². The first kappa shape index (κ1) is 19.6. The highest BCUT2D eigenvalue weighted by Gasteiger charge is 2.48. The molecule has 0 saturated carbocycles. The predicted molar refractivity (Wildman–Crippen MR) is 113 cm³/mol. The fourth-order valence-electron chi connectivity index (χ4n) is 4.49. The molecule has 1 aromatic heterocycles. The molecule has 1 N–H and O–H groups in total. The molecular formula is C24H24NO3S+. The van der Waals surface area contributed by atoms with Crippen LogP contribution in [-0.4, -0.2) is 28.0 Å². The number of rotatable bonds is 6. The van der Waals surface area contributed by atoms with Gasteiger partial charge in [-0.1, -0.05) is 60.7 Å². The first-order valence-electron chi connectivity index (χ1n) is 9.87. The molecule has 0 bridgehead atoms. The van der Waals surface area contributed by atoms with Gasteiger partial charge in [0.25, 0.3) is 0 Å². The zero-order valence-electron chi connectivity index (χ0n) is 16.2. The van der Waals surface area contributed by atoms with Crippen LogP contribution in [0.1, 0.15) is 40.5 Å². The molecular weight excluding hydrogens is 382 g/mol. The summed E-state index contributed by atoms with van der Waals surface area (Å²) in [6, 6.07) is 22.5. The van der Waals surface area contributed by atoms with E-state index in [1.807, 2.05) is 41.8 Å². The molecule has 4 nitrogen and oxygen atoms in total. The Hall–Kier alpha value is -2.76. The van der Waals surface area contributed by atoms with Crippen molar-refractivity contribution in [2.24, 2.45) is 0 Å². The van der Waals surface area contributed by atoms with Crippen LogP contribution in [0, 0.1) is 0 Å². The Balaban J connectivity index is 1.86. The lowest BCUT2D eigenvalue weighted by Crippen LogP contribution is -2.57. The van der Waals surface area contributed by atoms with E-state index in [4.69, 9.17) is 0 Å². The van der Waals surface area contributed by atoms with Gasteiger partial charge < -0.3 is 5.11 Å². The summed E-state index contributed by atoms with van der Waals surface area (Å²) in [5.41, 5.74) is 3.54. The van der Waals surface area contributed by atoms with Crippen LogP contribution in [0.4, 0.5) is 0 Å². The van der Waals surface area contributed by atoms with Crippen molar-refractivity contribution in [3.05, 3.63) is 93.7 Å². The zero-order chi connectivity index (χ0) is 20.3. The van der Waals surface area contributed by atoms with Gasteiger partial charge in [0.05, 0.1) is 24.3 Å². The second-order valence-electron chi connectivity index (χ2n) is 7.54. The summed E-state index contributed by atoms with van der Waals surface area (Å²) in [5, 5.41) is 11.2. The van der Waals surface area contributed by atoms with E-state index >= 15 is 0 Å². The van der Waals surface area contributed by atoms with Crippen molar-refractivity contribution in [2.45, 2.75) is 31.8 Å². The van der Waals surface area contributed by atoms with Gasteiger partial charge in [0, 0.05) is 17.5 Å². The van der Waals surface area contributed by atoms with E-state index in [2.05, 4.69) is 30.3 Å². The molecule has 1 aliphatic rings. The van der Waals surface area contributed by atoms with Crippen molar-refractivity contribution in [1.29, 1.82) is 0 Å². The molecule has 0 saturated heterocycles. The number of carbonyl (C=O) groups excluding carboxylic acids is 1. The molecule has 29 heavy (non-hydrogen) atoms. The van der Waals surface area contributed by atoms with E-state index < -0.39 is 5.97 Å². The topological polar surface area (TPSA) is 54.4 Å². The van der Waals surface area contributed by atoms with E-state index in [9.17, 15) is 14.7 Å². The van der Waals surface area contributed by atoms with E-state index in [-0.39, 0.29) is 29.3 Å². The maximum atomic E-state index is 13.7. The summed E-state index contributed by atoms with van der Waals surface area (Å²) in [7, 11) is 0. The second kappa shape index (κ2) is 8.31. The molecule has 2 heterocycles. The van der Waals surface area contributed by atoms with Crippen LogP contribution < -0.4 is 0 Å². The third-order valence-corrected chi connectivity index (χ3v) is 6.67. The van der Waals surface area contributed by atoms with Crippen LogP contribution in [0.5, 0.6) is 0 Å². The number of benzene rings is 2. The minimum Gasteiger partial charge on any atom is -0.481 e. The van der Waals surface area contributed by atoms with Crippen LogP contribution in [0.3, 0.4) is 0 Å². The quantitative estimate of drug-likeness (QED) is 0.598. The lowest BCUT2D eigenvalue weighted by atomic mass is 9.85. The Labute approximate surface area is 174 Å². The molecule has 2 aromatic carbocycles. The van der Waals surface area contributed by atoms with E-state index in [0.29, 0.717) is 13.1 Å². The summed E-state index contributed by atoms with van der Waals surface area (Å²) in [6.07, 6.45) is 0.725. The molecule has 4 rings (SSSR count). The Bertz CT molecular complexity index is 1000. The average Bonchev–Trinajstić information content (AvgIpc) is 3.25. The summed E-state index contributed by atoms with van der Waals surface area (Å²) in [6.45, 7) is 1.26. The number of amides is 1. The fraction of sp³-hybridized carbons (Fsp3) is 0.250. The van der Waals surface area contributed by atoms with Crippen molar-refractivity contribution >= 4 is 23.2 Å². The maximum absolute atomic E-state index is 13.7. The molecule has 0 radical (unpaired) electrons. The van der Waals surface area contributed by atoms with Crippen molar-refractivity contribution in [3.63, 3.8) is 0 Å². The minimum atomic E-state index is -0.929. The van der Waals surface area contributed by atoms with Gasteiger partial charge in [0.1, 0.15) is 12.6 Å². The molecule has 0 spiro atoms. The average molecular weight is 407 g/mol. The van der Waals surface area contributed by atoms with Crippen molar-refractivity contribution in [1.82, 2.24) is 0 Å². The molecule has 148 valence electrons. The first-order chi connectivity index (χ1) is 14.1. The number of aliphatic carboxylic acids is 1. The summed E-state index contributed by atoms with van der Waals surface area (Å²) in [4.78, 5) is 26.0. The number of carboxylic acid groups (broad SMARTS) is 1. The van der Waals surface area contributed by atoms with Gasteiger partial charge in [-0.25, -0.2) is 9.28 Å². The third kappa shape index (κ3) is 3.88. The molecule has 5 heteroatoms. The number of quaternary nitrogens is 1. The van der Waals surface area contributed by atoms with Gasteiger partial charge in [0.2, 0.25) is 0 Å². The zero-order valence-corrected chi connectivity index (χ0v) is 17.0. The smallest absolute Gasteiger partial charge is 0.315 e. The van der Waals surface area contributed by atoms with Crippen LogP contribution in [0.25, 0.3) is 0 Å². The number of hydrogen-bond acceptors (Lipinski definition) is 3. The van der Waals surface area contributed by atoms with Crippen LogP contribution in [0.2, 0.25) is 0 Å². The number of carbonyl (C=O) groups is 2. The summed E-state index contributed by atoms with van der Waals surface area (Å²) in [5.74, 6) is -0.926. The van der Waals surface area contributed by atoms with Gasteiger partial charge in [-0.2, -0.15) is 0 Å². The minimum absolute atomic E-state index is 0.00385. The predicted octanol–water partition coefficient (Wildman–Crippen LogP) is 4.80. The van der Waals surface area contributed by atoms with Gasteiger partial charge in [-0.3, -0.25) is 4.79 Å². The Morgan fingerprint density at radius 1 is 0.966 bits per heavy atom. The molecule has 2 atom stereocenters. The van der Waals surface area contributed by atoms with Gasteiger partial charge in [0.15, 0.2) is 0 Å². The normalized spacial score (nSPS) is 20.8. The highest BCUT2D eigenvalue weighted by atomic mass is 32.1. The largest absolute Gasteiger partial charge is 0.481 e. The van der Waals surface area contributed by atoms with Crippen molar-refractivity contribution in [3.8, 4) is 0 Å². The van der Waals surface area contributed by atoms with Gasteiger partial charge >= 0.3 is 11.9 Å².